The van der Waals surface area contributed by atoms with E-state index in [1.165, 1.54) is 37.1 Å². The Hall–Kier alpha value is -2.34. The summed E-state index contributed by atoms with van der Waals surface area (Å²) in [6.45, 7) is 6.12. The van der Waals surface area contributed by atoms with E-state index in [-0.39, 0.29) is 5.82 Å². The van der Waals surface area contributed by atoms with Crippen LogP contribution in [0.5, 0.6) is 0 Å². The fourth-order valence-electron chi connectivity index (χ4n) is 2.95. The van der Waals surface area contributed by atoms with E-state index in [1.54, 1.807) is 12.1 Å². The van der Waals surface area contributed by atoms with Crippen LogP contribution in [-0.2, 0) is 9.53 Å². The van der Waals surface area contributed by atoms with Gasteiger partial charge in [0.05, 0.1) is 17.8 Å². The summed E-state index contributed by atoms with van der Waals surface area (Å²) >= 11 is 1.54. The molecule has 1 heterocycles. The van der Waals surface area contributed by atoms with Crippen molar-refractivity contribution in [1.82, 2.24) is 4.98 Å². The van der Waals surface area contributed by atoms with E-state index in [0.29, 0.717) is 11.7 Å². The molecular formula is C22H27FN2O2S. The van der Waals surface area contributed by atoms with Crippen molar-refractivity contribution in [1.29, 1.82) is 0 Å². The van der Waals surface area contributed by atoms with Crippen molar-refractivity contribution in [3.8, 4) is 11.3 Å². The van der Waals surface area contributed by atoms with Gasteiger partial charge in [0.1, 0.15) is 5.82 Å². The number of benzene rings is 1. The second kappa shape index (κ2) is 10.3. The fourth-order valence-corrected chi connectivity index (χ4v) is 3.37. The van der Waals surface area contributed by atoms with E-state index in [0.717, 1.165) is 40.2 Å². The van der Waals surface area contributed by atoms with Crippen molar-refractivity contribution in [2.75, 3.05) is 18.7 Å². The molecule has 0 fully saturated rings. The monoisotopic (exact) mass is 402 g/mol. The molecule has 2 rings (SSSR count). The second-order valence-corrected chi connectivity index (χ2v) is 7.27. The van der Waals surface area contributed by atoms with Gasteiger partial charge in [-0.2, -0.15) is 0 Å². The minimum Gasteiger partial charge on any atom is -0.466 e. The first-order chi connectivity index (χ1) is 13.4. The highest BCUT2D eigenvalue weighted by Crippen LogP contribution is 2.35. The van der Waals surface area contributed by atoms with Gasteiger partial charge in [-0.25, -0.2) is 14.2 Å². The molecule has 0 unspecified atom stereocenters. The smallest absolute Gasteiger partial charge is 0.330 e. The molecule has 0 aliphatic carbocycles. The summed E-state index contributed by atoms with van der Waals surface area (Å²) in [5.41, 5.74) is 4.00. The number of anilines is 1. The molecule has 6 heteroatoms. The molecule has 4 nitrogen and oxygen atoms in total. The lowest BCUT2D eigenvalue weighted by Gasteiger charge is -2.21. The lowest BCUT2D eigenvalue weighted by molar-refractivity contribution is -0.134. The number of thioether (sulfide) groups is 1. The van der Waals surface area contributed by atoms with Gasteiger partial charge in [0.15, 0.2) is 0 Å². The number of halogens is 1. The number of pyridine rings is 1. The predicted octanol–water partition coefficient (Wildman–Crippen LogP) is 5.70. The Morgan fingerprint density at radius 3 is 2.61 bits per heavy atom. The fraction of sp³-hybridized carbons (Fsp3) is 0.364. The molecular weight excluding hydrogens is 375 g/mol. The molecule has 1 N–H and O–H groups in total. The molecule has 0 amide bonds. The quantitative estimate of drug-likeness (QED) is 0.348. The van der Waals surface area contributed by atoms with Crippen LogP contribution in [-0.4, -0.2) is 30.4 Å². The van der Waals surface area contributed by atoms with Crippen LogP contribution in [0.25, 0.3) is 17.3 Å². The zero-order valence-electron chi connectivity index (χ0n) is 17.0. The number of nitrogens with zero attached hydrogens (tertiary/aromatic N) is 1. The van der Waals surface area contributed by atoms with E-state index >= 15 is 0 Å². The van der Waals surface area contributed by atoms with Crippen LogP contribution in [0.3, 0.4) is 0 Å². The van der Waals surface area contributed by atoms with Gasteiger partial charge >= 0.3 is 5.97 Å². The first kappa shape index (κ1) is 22.0. The normalized spacial score (nSPS) is 11.2. The number of ether oxygens (including phenoxy) is 1. The molecule has 0 aliphatic heterocycles. The third-order valence-corrected chi connectivity index (χ3v) is 5.25. The predicted molar refractivity (Wildman–Crippen MR) is 115 cm³/mol. The van der Waals surface area contributed by atoms with E-state index in [1.807, 2.05) is 19.2 Å². The van der Waals surface area contributed by atoms with Gasteiger partial charge in [-0.05, 0) is 61.9 Å². The lowest BCUT2D eigenvalue weighted by atomic mass is 9.99. The first-order valence-electron chi connectivity index (χ1n) is 9.31. The van der Waals surface area contributed by atoms with Crippen LogP contribution in [0, 0.1) is 12.7 Å². The van der Waals surface area contributed by atoms with Gasteiger partial charge in [0.25, 0.3) is 0 Å². The number of hydrogen-bond acceptors (Lipinski definition) is 5. The molecule has 0 atom stereocenters. The van der Waals surface area contributed by atoms with Crippen LogP contribution in [0.1, 0.15) is 37.8 Å². The number of hydrogen-bond donors (Lipinski definition) is 1. The van der Waals surface area contributed by atoms with Crippen molar-refractivity contribution >= 4 is 29.5 Å². The van der Waals surface area contributed by atoms with Gasteiger partial charge in [-0.3, -0.25) is 0 Å². The maximum Gasteiger partial charge on any atom is 0.330 e. The molecule has 0 saturated carbocycles. The van der Waals surface area contributed by atoms with Crippen molar-refractivity contribution in [3.63, 3.8) is 0 Å². The number of esters is 1. The Kier molecular flexibility index (Phi) is 8.05. The van der Waals surface area contributed by atoms with Crippen molar-refractivity contribution in [2.24, 2.45) is 0 Å². The standard InChI is InChI=1S/C22H27FN2O2S/c1-6-16(7-2)24-19-13-20(28-5)25-22(18(19)10-11-21(26)27-4)17-9-8-15(23)12-14(17)3/h8-13,16H,6-7H2,1-5H3,(H,24,25)/b11-10+. The van der Waals surface area contributed by atoms with Gasteiger partial charge < -0.3 is 10.1 Å². The molecule has 0 aliphatic rings. The van der Waals surface area contributed by atoms with Crippen molar-refractivity contribution < 1.29 is 13.9 Å². The molecule has 2 aromatic rings. The molecule has 0 bridgehead atoms. The van der Waals surface area contributed by atoms with Crippen LogP contribution in [0.15, 0.2) is 35.4 Å². The minimum atomic E-state index is -0.441. The van der Waals surface area contributed by atoms with Crippen molar-refractivity contribution in [2.45, 2.75) is 44.7 Å². The lowest BCUT2D eigenvalue weighted by Crippen LogP contribution is -2.18. The highest BCUT2D eigenvalue weighted by atomic mass is 32.2. The number of carbonyl (C=O) groups excluding carboxylic acids is 1. The topological polar surface area (TPSA) is 51.2 Å². The van der Waals surface area contributed by atoms with Crippen LogP contribution < -0.4 is 5.32 Å². The van der Waals surface area contributed by atoms with Gasteiger partial charge in [0.2, 0.25) is 0 Å². The summed E-state index contributed by atoms with van der Waals surface area (Å²) in [6, 6.07) is 6.93. The maximum absolute atomic E-state index is 13.6. The number of methoxy groups -OCH3 is 1. The molecule has 28 heavy (non-hydrogen) atoms. The van der Waals surface area contributed by atoms with Gasteiger partial charge in [-0.1, -0.05) is 13.8 Å². The highest BCUT2D eigenvalue weighted by molar-refractivity contribution is 7.98. The van der Waals surface area contributed by atoms with E-state index in [4.69, 9.17) is 9.72 Å². The summed E-state index contributed by atoms with van der Waals surface area (Å²) in [5.74, 6) is -0.728. The summed E-state index contributed by atoms with van der Waals surface area (Å²) < 4.78 is 18.4. The average molecular weight is 403 g/mol. The largest absolute Gasteiger partial charge is 0.466 e. The van der Waals surface area contributed by atoms with Crippen LogP contribution in [0.2, 0.25) is 0 Å². The first-order valence-corrected chi connectivity index (χ1v) is 10.5. The number of rotatable bonds is 8. The summed E-state index contributed by atoms with van der Waals surface area (Å²) in [6.07, 6.45) is 7.01. The van der Waals surface area contributed by atoms with Crippen LogP contribution in [0.4, 0.5) is 10.1 Å². The third-order valence-electron chi connectivity index (χ3n) is 4.62. The number of carbonyl (C=O) groups is 1. The van der Waals surface area contributed by atoms with E-state index in [9.17, 15) is 9.18 Å². The summed E-state index contributed by atoms with van der Waals surface area (Å²) in [4.78, 5) is 16.5. The SMILES string of the molecule is CCC(CC)Nc1cc(SC)nc(-c2ccc(F)cc2C)c1/C=C/C(=O)OC. The number of aromatic nitrogens is 1. The Balaban J connectivity index is 2.72. The molecule has 1 aromatic heterocycles. The van der Waals surface area contributed by atoms with Gasteiger partial charge in [-0.15, -0.1) is 11.8 Å². The second-order valence-electron chi connectivity index (χ2n) is 6.45. The number of nitrogens with one attached hydrogen (secondary N) is 1. The maximum atomic E-state index is 13.6. The average Bonchev–Trinajstić information content (AvgIpc) is 2.70. The molecule has 0 saturated heterocycles. The van der Waals surface area contributed by atoms with Gasteiger partial charge in [0, 0.05) is 28.9 Å². The Morgan fingerprint density at radius 2 is 2.04 bits per heavy atom. The molecule has 150 valence electrons. The van der Waals surface area contributed by atoms with E-state index < -0.39 is 5.97 Å². The highest BCUT2D eigenvalue weighted by Gasteiger charge is 2.17. The van der Waals surface area contributed by atoms with Crippen molar-refractivity contribution in [3.05, 3.63) is 47.3 Å². The number of aryl methyl sites for hydroxylation is 1. The summed E-state index contributed by atoms with van der Waals surface area (Å²) in [5, 5.41) is 4.42. The minimum absolute atomic E-state index is 0.288. The Bertz CT molecular complexity index is 864. The zero-order chi connectivity index (χ0) is 20.7. The Labute approximate surface area is 170 Å². The molecule has 1 aromatic carbocycles. The summed E-state index contributed by atoms with van der Waals surface area (Å²) in [7, 11) is 1.34. The van der Waals surface area contributed by atoms with E-state index in [2.05, 4.69) is 19.2 Å². The van der Waals surface area contributed by atoms with Crippen LogP contribution >= 0.6 is 11.8 Å². The molecule has 0 spiro atoms. The Morgan fingerprint density at radius 1 is 1.32 bits per heavy atom. The molecule has 0 radical (unpaired) electrons. The third kappa shape index (κ3) is 5.35. The zero-order valence-corrected chi connectivity index (χ0v) is 17.8.